The number of rotatable bonds is 12. The Morgan fingerprint density at radius 3 is 2.53 bits per heavy atom. The lowest BCUT2D eigenvalue weighted by Crippen LogP contribution is -2.48. The highest BCUT2D eigenvalue weighted by Gasteiger charge is 2.28. The van der Waals surface area contributed by atoms with Crippen LogP contribution in [0.5, 0.6) is 0 Å². The minimum absolute atomic E-state index is 0.0853. The van der Waals surface area contributed by atoms with Crippen molar-refractivity contribution in [1.29, 1.82) is 0 Å². The summed E-state index contributed by atoms with van der Waals surface area (Å²) in [5, 5.41) is 32.2. The zero-order chi connectivity index (χ0) is 31.4. The lowest BCUT2D eigenvalue weighted by molar-refractivity contribution is -0.122. The second kappa shape index (κ2) is 16.3. The molecule has 1 fully saturated rings. The number of aromatic nitrogens is 2. The van der Waals surface area contributed by atoms with Crippen LogP contribution in [0.4, 0.5) is 11.4 Å². The zero-order valence-corrected chi connectivity index (χ0v) is 25.8. The van der Waals surface area contributed by atoms with Crippen molar-refractivity contribution in [2.24, 2.45) is 7.05 Å². The van der Waals surface area contributed by atoms with Crippen LogP contribution in [0, 0.1) is 0 Å². The summed E-state index contributed by atoms with van der Waals surface area (Å²) in [6.45, 7) is 3.22. The number of halogens is 1. The number of benzene rings is 2. The Labute approximate surface area is 257 Å². The fourth-order valence-corrected chi connectivity index (χ4v) is 6.65. The number of aliphatic hydroxyl groups is 1. The molecule has 12 nitrogen and oxygen atoms in total. The third-order valence-corrected chi connectivity index (χ3v) is 8.96. The van der Waals surface area contributed by atoms with Crippen LogP contribution in [0.2, 0.25) is 5.02 Å². The lowest BCUT2D eigenvalue weighted by atomic mass is 10.00. The molecule has 1 aromatic heterocycles. The van der Waals surface area contributed by atoms with Crippen LogP contribution < -0.4 is 20.3 Å². The Kier molecular flexibility index (Phi) is 12.8. The molecule has 0 bridgehead atoms. The quantitative estimate of drug-likeness (QED) is 0.188. The normalized spacial score (nSPS) is 15.5. The second-order valence-electron chi connectivity index (χ2n) is 10.1. The van der Waals surface area contributed by atoms with Gasteiger partial charge in [-0.1, -0.05) is 41.9 Å². The number of carbonyl (C=O) groups is 2. The smallest absolute Gasteiger partial charge is 0.290 e. The summed E-state index contributed by atoms with van der Waals surface area (Å²) in [4.78, 5) is 21.9. The molecule has 1 aliphatic rings. The molecular formula is C29H39ClN6O6S. The molecule has 14 heteroatoms. The van der Waals surface area contributed by atoms with Crippen molar-refractivity contribution in [3.63, 3.8) is 0 Å². The van der Waals surface area contributed by atoms with Crippen LogP contribution in [0.3, 0.4) is 0 Å². The average molecular weight is 635 g/mol. The average Bonchev–Trinajstić information content (AvgIpc) is 3.29. The summed E-state index contributed by atoms with van der Waals surface area (Å²) in [7, 11) is -1.67. The monoisotopic (exact) mass is 634 g/mol. The van der Waals surface area contributed by atoms with Gasteiger partial charge in [-0.15, -0.1) is 0 Å². The van der Waals surface area contributed by atoms with E-state index in [2.05, 4.69) is 21.0 Å². The summed E-state index contributed by atoms with van der Waals surface area (Å²) < 4.78 is 28.6. The summed E-state index contributed by atoms with van der Waals surface area (Å²) in [6.07, 6.45) is 2.57. The van der Waals surface area contributed by atoms with Crippen LogP contribution in [-0.4, -0.2) is 78.3 Å². The number of hydrogen-bond donors (Lipinski definition) is 5. The van der Waals surface area contributed by atoms with Gasteiger partial charge in [0.1, 0.15) is 0 Å². The first-order valence-electron chi connectivity index (χ1n) is 14.0. The number of hydrogen-bond acceptors (Lipinski definition) is 8. The van der Waals surface area contributed by atoms with Gasteiger partial charge in [0.05, 0.1) is 34.3 Å². The van der Waals surface area contributed by atoms with E-state index in [0.717, 1.165) is 12.0 Å². The molecule has 0 unspecified atom stereocenters. The fraction of sp³-hybridized carbons (Fsp3) is 0.414. The van der Waals surface area contributed by atoms with Crippen molar-refractivity contribution in [3.05, 3.63) is 76.6 Å². The predicted octanol–water partition coefficient (Wildman–Crippen LogP) is 2.63. The molecule has 3 aromatic rings. The minimum Gasteiger partial charge on any atom is -0.483 e. The number of carboxylic acid groups (broad SMARTS) is 1. The van der Waals surface area contributed by atoms with E-state index in [9.17, 15) is 18.3 Å². The SMILES string of the molecule is CCNc1cc(C(=O)N[C@@H](Cc2ccccc2)[C@H](O)CNCc2nn(C)cc2Cl)cc(N2CCCCS2(=O)=O)c1.O=CO. The summed E-state index contributed by atoms with van der Waals surface area (Å²) in [5.74, 6) is -0.315. The Morgan fingerprint density at radius 2 is 1.91 bits per heavy atom. The first-order chi connectivity index (χ1) is 20.6. The van der Waals surface area contributed by atoms with Crippen molar-refractivity contribution < 1.29 is 28.2 Å². The van der Waals surface area contributed by atoms with E-state index in [1.165, 1.54) is 4.31 Å². The fourth-order valence-electron chi connectivity index (χ4n) is 4.78. The minimum atomic E-state index is -3.45. The van der Waals surface area contributed by atoms with E-state index in [0.29, 0.717) is 60.1 Å². The number of amides is 1. The van der Waals surface area contributed by atoms with Gasteiger partial charge in [0.15, 0.2) is 0 Å². The number of sulfonamides is 1. The Morgan fingerprint density at radius 1 is 1.19 bits per heavy atom. The highest BCUT2D eigenvalue weighted by molar-refractivity contribution is 7.92. The summed E-state index contributed by atoms with van der Waals surface area (Å²) in [5.41, 5.74) is 3.05. The van der Waals surface area contributed by atoms with Crippen molar-refractivity contribution in [2.75, 3.05) is 35.0 Å². The summed E-state index contributed by atoms with van der Waals surface area (Å²) >= 11 is 6.20. The van der Waals surface area contributed by atoms with Gasteiger partial charge in [0.2, 0.25) is 10.0 Å². The highest BCUT2D eigenvalue weighted by Crippen LogP contribution is 2.28. The van der Waals surface area contributed by atoms with Crippen molar-refractivity contribution >= 4 is 45.4 Å². The third-order valence-electron chi connectivity index (χ3n) is 6.78. The first-order valence-corrected chi connectivity index (χ1v) is 16.0. The highest BCUT2D eigenvalue weighted by atomic mass is 35.5. The molecule has 2 atom stereocenters. The van der Waals surface area contributed by atoms with Gasteiger partial charge in [-0.25, -0.2) is 8.42 Å². The second-order valence-corrected chi connectivity index (χ2v) is 12.5. The largest absolute Gasteiger partial charge is 0.483 e. The molecule has 0 radical (unpaired) electrons. The maximum atomic E-state index is 13.6. The lowest BCUT2D eigenvalue weighted by Gasteiger charge is -2.29. The predicted molar refractivity (Wildman–Crippen MR) is 167 cm³/mol. The molecule has 0 spiro atoms. The summed E-state index contributed by atoms with van der Waals surface area (Å²) in [6, 6.07) is 14.1. The molecule has 43 heavy (non-hydrogen) atoms. The van der Waals surface area contributed by atoms with Gasteiger partial charge in [-0.2, -0.15) is 5.10 Å². The number of nitrogens with one attached hydrogen (secondary N) is 3. The number of aryl methyl sites for hydroxylation is 1. The van der Waals surface area contributed by atoms with Gasteiger partial charge in [-0.3, -0.25) is 18.6 Å². The van der Waals surface area contributed by atoms with Gasteiger partial charge in [0, 0.05) is 50.7 Å². The van der Waals surface area contributed by atoms with Gasteiger partial charge >= 0.3 is 0 Å². The molecule has 5 N–H and O–H groups in total. The van der Waals surface area contributed by atoms with E-state index in [1.807, 2.05) is 37.3 Å². The standard InChI is InChI=1S/C28H37ClN6O4S.CH2O2/c1-3-31-22-14-21(15-23(16-22)35-11-7-8-12-40(35,38)39)28(37)32-25(13-20-9-5-4-6-10-20)27(36)18-30-17-26-24(29)19-34(2)33-26;2-1-3/h4-6,9-10,14-16,19,25,27,30-31,36H,3,7-8,11-13,17-18H2,1-2H3,(H,32,37);1H,(H,2,3)/t25-,27+;/m0./s1. The molecule has 2 heterocycles. The Bertz CT molecular complexity index is 1450. The van der Waals surface area contributed by atoms with E-state index in [1.54, 1.807) is 36.1 Å². The van der Waals surface area contributed by atoms with Gasteiger partial charge in [0.25, 0.3) is 12.4 Å². The number of aliphatic hydroxyl groups excluding tert-OH is 1. The van der Waals surface area contributed by atoms with Crippen LogP contribution >= 0.6 is 11.6 Å². The van der Waals surface area contributed by atoms with E-state index in [-0.39, 0.29) is 18.8 Å². The maximum absolute atomic E-state index is 13.6. The molecule has 1 aliphatic heterocycles. The van der Waals surface area contributed by atoms with Crippen molar-refractivity contribution in [2.45, 2.75) is 44.9 Å². The molecule has 234 valence electrons. The third kappa shape index (κ3) is 9.95. The molecule has 1 amide bonds. The molecule has 2 aromatic carbocycles. The number of nitrogens with zero attached hydrogens (tertiary/aromatic N) is 3. The van der Waals surface area contributed by atoms with Crippen molar-refractivity contribution in [3.8, 4) is 0 Å². The first kappa shape index (κ1) is 33.8. The molecule has 4 rings (SSSR count). The Hall–Kier alpha value is -3.65. The molecule has 0 aliphatic carbocycles. The van der Waals surface area contributed by atoms with Crippen LogP contribution in [0.1, 0.15) is 41.4 Å². The van der Waals surface area contributed by atoms with Gasteiger partial charge in [-0.05, 0) is 49.9 Å². The zero-order valence-electron chi connectivity index (χ0n) is 24.2. The topological polar surface area (TPSA) is 166 Å². The number of anilines is 2. The van der Waals surface area contributed by atoms with E-state index in [4.69, 9.17) is 21.5 Å². The number of carbonyl (C=O) groups excluding carboxylic acids is 1. The van der Waals surface area contributed by atoms with Gasteiger partial charge < -0.3 is 26.2 Å². The van der Waals surface area contributed by atoms with E-state index < -0.39 is 28.1 Å². The Balaban J connectivity index is 0.00000162. The maximum Gasteiger partial charge on any atom is 0.290 e. The van der Waals surface area contributed by atoms with Crippen LogP contribution in [0.15, 0.2) is 54.7 Å². The van der Waals surface area contributed by atoms with E-state index >= 15 is 0 Å². The molecule has 1 saturated heterocycles. The molecule has 0 saturated carbocycles. The molecular weight excluding hydrogens is 596 g/mol. The van der Waals surface area contributed by atoms with Crippen LogP contribution in [-0.2, 0) is 34.8 Å². The van der Waals surface area contributed by atoms with Crippen LogP contribution in [0.25, 0.3) is 0 Å². The van der Waals surface area contributed by atoms with Crippen molar-refractivity contribution in [1.82, 2.24) is 20.4 Å².